The van der Waals surface area contributed by atoms with Crippen LogP contribution in [0.15, 0.2) is 24.3 Å². The Hall–Kier alpha value is -2.39. The van der Waals surface area contributed by atoms with Gasteiger partial charge in [-0.2, -0.15) is 13.2 Å². The Labute approximate surface area is 173 Å². The molecule has 3 heterocycles. The van der Waals surface area contributed by atoms with E-state index in [2.05, 4.69) is 25.7 Å². The van der Waals surface area contributed by atoms with Gasteiger partial charge >= 0.3 is 6.18 Å². The second kappa shape index (κ2) is 8.39. The van der Waals surface area contributed by atoms with Gasteiger partial charge in [-0.05, 0) is 62.1 Å². The normalized spacial score (nSPS) is 20.7. The van der Waals surface area contributed by atoms with Crippen LogP contribution < -0.4 is 10.6 Å². The van der Waals surface area contributed by atoms with E-state index < -0.39 is 17.5 Å². The highest BCUT2D eigenvalue weighted by molar-refractivity contribution is 5.70. The lowest BCUT2D eigenvalue weighted by Crippen LogP contribution is -2.51. The lowest BCUT2D eigenvalue weighted by Gasteiger charge is -2.38. The molecule has 0 bridgehead atoms. The van der Waals surface area contributed by atoms with Crippen molar-refractivity contribution in [2.45, 2.75) is 32.0 Å². The summed E-state index contributed by atoms with van der Waals surface area (Å²) in [5, 5.41) is 25.2. The number of aryl methyl sites for hydroxylation is 1. The first-order valence-corrected chi connectivity index (χ1v) is 10.2. The first-order chi connectivity index (χ1) is 14.3. The average Bonchev–Trinajstić information content (AvgIpc) is 2.65. The van der Waals surface area contributed by atoms with Crippen LogP contribution in [0, 0.1) is 12.8 Å². The van der Waals surface area contributed by atoms with E-state index in [-0.39, 0.29) is 11.6 Å². The Balaban J connectivity index is 1.44. The van der Waals surface area contributed by atoms with Crippen LogP contribution in [0.4, 0.5) is 19.0 Å². The smallest absolute Gasteiger partial charge is 0.416 e. The second-order valence-corrected chi connectivity index (χ2v) is 8.26. The molecule has 2 aliphatic rings. The monoisotopic (exact) mass is 421 g/mol. The van der Waals surface area contributed by atoms with E-state index in [1.165, 1.54) is 6.07 Å². The van der Waals surface area contributed by atoms with Gasteiger partial charge in [-0.3, -0.25) is 0 Å². The van der Waals surface area contributed by atoms with Crippen molar-refractivity contribution in [1.82, 2.24) is 20.4 Å². The summed E-state index contributed by atoms with van der Waals surface area (Å²) in [6, 6.07) is 5.00. The van der Waals surface area contributed by atoms with Crippen molar-refractivity contribution in [2.75, 3.05) is 38.0 Å². The number of aromatic hydroxyl groups is 1. The first kappa shape index (κ1) is 20.9. The molecule has 162 valence electrons. The fourth-order valence-electron chi connectivity index (χ4n) is 4.12. The van der Waals surface area contributed by atoms with Crippen LogP contribution in [-0.2, 0) is 6.18 Å². The predicted molar refractivity (Wildman–Crippen MR) is 108 cm³/mol. The summed E-state index contributed by atoms with van der Waals surface area (Å²) < 4.78 is 38.5. The number of benzene rings is 1. The van der Waals surface area contributed by atoms with Crippen LogP contribution in [-0.4, -0.2) is 59.0 Å². The van der Waals surface area contributed by atoms with Crippen LogP contribution in [0.25, 0.3) is 11.3 Å². The molecule has 0 radical (unpaired) electrons. The number of nitrogens with one attached hydrogen (secondary N) is 2. The molecule has 1 aromatic carbocycles. The van der Waals surface area contributed by atoms with Crippen molar-refractivity contribution in [3.05, 3.63) is 35.4 Å². The van der Waals surface area contributed by atoms with Gasteiger partial charge in [0.05, 0.1) is 11.3 Å². The molecular weight excluding hydrogens is 395 g/mol. The minimum absolute atomic E-state index is 0.234. The quantitative estimate of drug-likeness (QED) is 0.688. The van der Waals surface area contributed by atoms with Gasteiger partial charge in [0.15, 0.2) is 0 Å². The average molecular weight is 421 g/mol. The number of phenols is 1. The van der Waals surface area contributed by atoms with Gasteiger partial charge in [0.25, 0.3) is 0 Å². The number of aromatic nitrogens is 2. The molecule has 0 amide bonds. The van der Waals surface area contributed by atoms with Crippen LogP contribution in [0.3, 0.4) is 0 Å². The van der Waals surface area contributed by atoms with E-state index in [9.17, 15) is 18.3 Å². The molecule has 2 aliphatic heterocycles. The second-order valence-electron chi connectivity index (χ2n) is 8.26. The van der Waals surface area contributed by atoms with Crippen molar-refractivity contribution in [3.63, 3.8) is 0 Å². The van der Waals surface area contributed by atoms with Gasteiger partial charge < -0.3 is 20.6 Å². The molecular formula is C21H26F3N5O. The van der Waals surface area contributed by atoms with Gasteiger partial charge in [-0.1, -0.05) is 0 Å². The fraction of sp³-hybridized carbons (Fsp3) is 0.524. The summed E-state index contributed by atoms with van der Waals surface area (Å²) in [6.07, 6.45) is -2.32. The predicted octanol–water partition coefficient (Wildman–Crippen LogP) is 3.27. The number of hydrogen-bond donors (Lipinski definition) is 3. The van der Waals surface area contributed by atoms with E-state index in [0.29, 0.717) is 11.5 Å². The van der Waals surface area contributed by atoms with Crippen molar-refractivity contribution < 1.29 is 18.3 Å². The summed E-state index contributed by atoms with van der Waals surface area (Å²) >= 11 is 0. The molecule has 0 saturated carbocycles. The van der Waals surface area contributed by atoms with E-state index >= 15 is 0 Å². The summed E-state index contributed by atoms with van der Waals surface area (Å²) in [5.74, 6) is 0.914. The van der Waals surface area contributed by atoms with Crippen LogP contribution >= 0.6 is 0 Å². The van der Waals surface area contributed by atoms with Crippen LogP contribution in [0.5, 0.6) is 5.75 Å². The molecule has 0 spiro atoms. The Kier molecular flexibility index (Phi) is 5.84. The Morgan fingerprint density at radius 2 is 2.03 bits per heavy atom. The molecule has 2 aromatic rings. The highest BCUT2D eigenvalue weighted by atomic mass is 19.4. The van der Waals surface area contributed by atoms with Crippen molar-refractivity contribution >= 4 is 5.82 Å². The van der Waals surface area contributed by atoms with Gasteiger partial charge in [0, 0.05) is 37.8 Å². The number of piperidine rings is 1. The zero-order valence-corrected chi connectivity index (χ0v) is 16.8. The number of alkyl halides is 3. The van der Waals surface area contributed by atoms with Crippen molar-refractivity contribution in [2.24, 2.45) is 5.92 Å². The van der Waals surface area contributed by atoms with Gasteiger partial charge in [-0.15, -0.1) is 10.2 Å². The third-order valence-electron chi connectivity index (χ3n) is 5.80. The molecule has 4 rings (SSSR count). The first-order valence-electron chi connectivity index (χ1n) is 10.2. The van der Waals surface area contributed by atoms with E-state index in [4.69, 9.17) is 0 Å². The number of nitrogens with zero attached hydrogens (tertiary/aromatic N) is 3. The van der Waals surface area contributed by atoms with Crippen molar-refractivity contribution in [1.29, 1.82) is 0 Å². The maximum atomic E-state index is 12.8. The molecule has 2 saturated heterocycles. The highest BCUT2D eigenvalue weighted by Crippen LogP contribution is 2.36. The van der Waals surface area contributed by atoms with E-state index in [1.807, 2.05) is 13.0 Å². The number of likely N-dealkylation sites (tertiary alicyclic amines) is 1. The highest BCUT2D eigenvalue weighted by Gasteiger charge is 2.31. The number of rotatable bonds is 5. The minimum atomic E-state index is -4.51. The molecule has 1 aromatic heterocycles. The number of anilines is 1. The zero-order valence-electron chi connectivity index (χ0n) is 16.8. The SMILES string of the molecule is Cc1cc(N[C@@H]2CCCN(CC3CNC3)C2)nnc1-c1ccc(C(F)(F)F)cc1O. The summed E-state index contributed by atoms with van der Waals surface area (Å²) in [7, 11) is 0. The molecule has 30 heavy (non-hydrogen) atoms. The molecule has 1 atom stereocenters. The fourth-order valence-corrected chi connectivity index (χ4v) is 4.12. The maximum Gasteiger partial charge on any atom is 0.416 e. The summed E-state index contributed by atoms with van der Waals surface area (Å²) in [6.45, 7) is 7.18. The summed E-state index contributed by atoms with van der Waals surface area (Å²) in [5.41, 5.74) is 0.440. The third-order valence-corrected chi connectivity index (χ3v) is 5.80. The number of halogens is 3. The summed E-state index contributed by atoms with van der Waals surface area (Å²) in [4.78, 5) is 2.49. The Bertz CT molecular complexity index is 901. The lowest BCUT2D eigenvalue weighted by molar-refractivity contribution is -0.137. The maximum absolute atomic E-state index is 12.8. The molecule has 6 nitrogen and oxygen atoms in total. The zero-order chi connectivity index (χ0) is 21.3. The molecule has 0 unspecified atom stereocenters. The minimum Gasteiger partial charge on any atom is -0.507 e. The van der Waals surface area contributed by atoms with Gasteiger partial charge in [0.1, 0.15) is 11.6 Å². The molecule has 2 fully saturated rings. The van der Waals surface area contributed by atoms with Crippen LogP contribution in [0.2, 0.25) is 0 Å². The Morgan fingerprint density at radius 3 is 2.67 bits per heavy atom. The molecule has 0 aliphatic carbocycles. The third kappa shape index (κ3) is 4.67. The van der Waals surface area contributed by atoms with Crippen molar-refractivity contribution in [3.8, 4) is 17.0 Å². The van der Waals surface area contributed by atoms with Crippen LogP contribution in [0.1, 0.15) is 24.0 Å². The number of phenolic OH excluding ortho intramolecular Hbond substituents is 1. The van der Waals surface area contributed by atoms with Gasteiger partial charge in [0.2, 0.25) is 0 Å². The Morgan fingerprint density at radius 1 is 1.23 bits per heavy atom. The largest absolute Gasteiger partial charge is 0.507 e. The van der Waals surface area contributed by atoms with E-state index in [0.717, 1.165) is 69.2 Å². The lowest BCUT2D eigenvalue weighted by atomic mass is 9.99. The molecule has 3 N–H and O–H groups in total. The number of hydrogen-bond acceptors (Lipinski definition) is 6. The standard InChI is InChI=1S/C21H26F3N5O/c1-13-7-19(26-16-3-2-6-29(12-16)11-14-9-25-10-14)27-28-20(13)17-5-4-15(8-18(17)30)21(22,23)24/h4-5,7-8,14,16,25,30H,2-3,6,9-12H2,1H3,(H,26,27)/t16-/m1/s1. The van der Waals surface area contributed by atoms with Gasteiger partial charge in [-0.25, -0.2) is 0 Å². The van der Waals surface area contributed by atoms with E-state index in [1.54, 1.807) is 0 Å². The topological polar surface area (TPSA) is 73.3 Å². The molecule has 9 heteroatoms.